The fourth-order valence-electron chi connectivity index (χ4n) is 3.04. The average molecular weight is 426 g/mol. The van der Waals surface area contributed by atoms with E-state index in [9.17, 15) is 35.6 Å². The summed E-state index contributed by atoms with van der Waals surface area (Å²) in [5.74, 6) is -0.461. The summed E-state index contributed by atoms with van der Waals surface area (Å²) in [6.45, 7) is 1.24. The predicted octanol–water partition coefficient (Wildman–Crippen LogP) is 3.21. The molecule has 0 radical (unpaired) electrons. The fraction of sp³-hybridized carbons (Fsp3) is 0.200. The highest BCUT2D eigenvalue weighted by Crippen LogP contribution is 2.32. The second-order valence-electron chi connectivity index (χ2n) is 6.64. The standard InChI is InChI=1S/C20H14F4O4S/c1-11-2-3-13(10-17(11)29(27,28)20(22,23)24)9-16-15(18(25)19(16)26)8-12-4-6-14(21)7-5-12/h2-7,10H,8-9H2,1H3. The number of aryl methyl sites for hydroxylation is 1. The summed E-state index contributed by atoms with van der Waals surface area (Å²) in [4.78, 5) is 23.0. The molecule has 0 unspecified atom stereocenters. The van der Waals surface area contributed by atoms with Crippen molar-refractivity contribution in [3.63, 3.8) is 0 Å². The van der Waals surface area contributed by atoms with Gasteiger partial charge in [-0.05, 0) is 41.8 Å². The Morgan fingerprint density at radius 2 is 1.31 bits per heavy atom. The molecule has 0 saturated heterocycles. The van der Waals surface area contributed by atoms with Gasteiger partial charge in [0.15, 0.2) is 0 Å². The van der Waals surface area contributed by atoms with Crippen molar-refractivity contribution in [3.05, 3.63) is 96.5 Å². The summed E-state index contributed by atoms with van der Waals surface area (Å²) < 4.78 is 75.2. The number of sulfone groups is 1. The first-order chi connectivity index (χ1) is 13.4. The Bertz CT molecular complexity index is 1250. The highest BCUT2D eigenvalue weighted by Gasteiger charge is 2.47. The SMILES string of the molecule is Cc1ccc(Cc2c(Cc3ccc(F)cc3)c(=O)c2=O)cc1S(=O)(=O)C(F)(F)F. The molecule has 0 N–H and O–H groups in total. The lowest BCUT2D eigenvalue weighted by Crippen LogP contribution is -2.40. The van der Waals surface area contributed by atoms with Gasteiger partial charge in [0, 0.05) is 24.0 Å². The smallest absolute Gasteiger partial charge is 0.285 e. The third-order valence-corrected chi connectivity index (χ3v) is 6.27. The second kappa shape index (κ2) is 7.22. The Labute approximate surface area is 163 Å². The molecule has 0 fully saturated rings. The van der Waals surface area contributed by atoms with E-state index in [0.717, 1.165) is 6.07 Å². The van der Waals surface area contributed by atoms with Crippen LogP contribution in [0.1, 0.15) is 27.8 Å². The molecular formula is C20H14F4O4S. The largest absolute Gasteiger partial charge is 0.501 e. The molecule has 152 valence electrons. The first-order valence-corrected chi connectivity index (χ1v) is 9.86. The van der Waals surface area contributed by atoms with E-state index in [-0.39, 0.29) is 35.1 Å². The molecule has 0 aliphatic heterocycles. The van der Waals surface area contributed by atoms with Crippen LogP contribution in [0.4, 0.5) is 17.6 Å². The average Bonchev–Trinajstić information content (AvgIpc) is 2.65. The number of hydrogen-bond donors (Lipinski definition) is 0. The molecule has 9 heteroatoms. The molecule has 0 spiro atoms. The van der Waals surface area contributed by atoms with Crippen LogP contribution in [0, 0.1) is 12.7 Å². The lowest BCUT2D eigenvalue weighted by atomic mass is 9.90. The molecular weight excluding hydrogens is 412 g/mol. The van der Waals surface area contributed by atoms with E-state index in [4.69, 9.17) is 0 Å². The van der Waals surface area contributed by atoms with Gasteiger partial charge in [0.05, 0.1) is 4.90 Å². The highest BCUT2D eigenvalue weighted by molar-refractivity contribution is 7.92. The minimum Gasteiger partial charge on any atom is -0.285 e. The van der Waals surface area contributed by atoms with Crippen LogP contribution in [0.2, 0.25) is 0 Å². The minimum absolute atomic E-state index is 0.0692. The number of benzene rings is 2. The molecule has 0 bridgehead atoms. The van der Waals surface area contributed by atoms with Gasteiger partial charge in [-0.2, -0.15) is 13.2 Å². The molecule has 0 saturated carbocycles. The minimum atomic E-state index is -5.55. The van der Waals surface area contributed by atoms with Gasteiger partial charge in [-0.3, -0.25) is 9.59 Å². The summed E-state index contributed by atoms with van der Waals surface area (Å²) in [6.07, 6.45) is -0.110. The van der Waals surface area contributed by atoms with Crippen molar-refractivity contribution >= 4 is 9.84 Å². The molecule has 4 nitrogen and oxygen atoms in total. The summed E-state index contributed by atoms with van der Waals surface area (Å²) in [7, 11) is -5.55. The fourth-order valence-corrected chi connectivity index (χ4v) is 4.09. The van der Waals surface area contributed by atoms with Gasteiger partial charge >= 0.3 is 5.51 Å². The summed E-state index contributed by atoms with van der Waals surface area (Å²) >= 11 is 0. The van der Waals surface area contributed by atoms with E-state index in [1.165, 1.54) is 43.3 Å². The molecule has 0 heterocycles. The van der Waals surface area contributed by atoms with Crippen molar-refractivity contribution in [2.75, 3.05) is 0 Å². The third-order valence-electron chi connectivity index (χ3n) is 4.64. The lowest BCUT2D eigenvalue weighted by molar-refractivity contribution is -0.0436. The second-order valence-corrected chi connectivity index (χ2v) is 8.55. The molecule has 3 rings (SSSR count). The van der Waals surface area contributed by atoms with E-state index in [0.29, 0.717) is 5.56 Å². The summed E-state index contributed by atoms with van der Waals surface area (Å²) in [6, 6.07) is 8.81. The van der Waals surface area contributed by atoms with Crippen LogP contribution >= 0.6 is 0 Å². The molecule has 3 aromatic rings. The first-order valence-electron chi connectivity index (χ1n) is 8.38. The maximum atomic E-state index is 13.0. The maximum absolute atomic E-state index is 13.0. The maximum Gasteiger partial charge on any atom is 0.501 e. The van der Waals surface area contributed by atoms with E-state index < -0.39 is 36.9 Å². The Morgan fingerprint density at radius 1 is 0.828 bits per heavy atom. The molecule has 0 amide bonds. The zero-order valence-electron chi connectivity index (χ0n) is 15.0. The van der Waals surface area contributed by atoms with Gasteiger partial charge in [0.25, 0.3) is 9.84 Å². The Hall–Kier alpha value is -2.81. The molecule has 3 aromatic carbocycles. The van der Waals surface area contributed by atoms with Crippen molar-refractivity contribution in [2.24, 2.45) is 0 Å². The van der Waals surface area contributed by atoms with Crippen LogP contribution in [0.5, 0.6) is 0 Å². The lowest BCUT2D eigenvalue weighted by Gasteiger charge is -2.14. The molecule has 0 aliphatic carbocycles. The van der Waals surface area contributed by atoms with Gasteiger partial charge in [0.1, 0.15) is 5.82 Å². The highest BCUT2D eigenvalue weighted by atomic mass is 32.2. The Kier molecular flexibility index (Phi) is 5.20. The topological polar surface area (TPSA) is 68.3 Å². The Balaban J connectivity index is 1.95. The normalized spacial score (nSPS) is 12.4. The van der Waals surface area contributed by atoms with Crippen LogP contribution < -0.4 is 10.9 Å². The van der Waals surface area contributed by atoms with Crippen LogP contribution in [-0.4, -0.2) is 13.9 Å². The molecule has 0 aliphatic rings. The zero-order chi connectivity index (χ0) is 21.6. The van der Waals surface area contributed by atoms with Gasteiger partial charge in [-0.1, -0.05) is 24.3 Å². The van der Waals surface area contributed by atoms with Gasteiger partial charge < -0.3 is 0 Å². The Morgan fingerprint density at radius 3 is 1.83 bits per heavy atom. The van der Waals surface area contributed by atoms with Crippen LogP contribution in [0.25, 0.3) is 0 Å². The van der Waals surface area contributed by atoms with Gasteiger partial charge in [-0.15, -0.1) is 0 Å². The quantitative estimate of drug-likeness (QED) is 0.464. The van der Waals surface area contributed by atoms with Crippen LogP contribution in [0.3, 0.4) is 0 Å². The molecule has 0 atom stereocenters. The number of hydrogen-bond acceptors (Lipinski definition) is 4. The van der Waals surface area contributed by atoms with E-state index >= 15 is 0 Å². The number of alkyl halides is 3. The van der Waals surface area contributed by atoms with Crippen LogP contribution in [0.15, 0.2) is 56.9 Å². The zero-order valence-corrected chi connectivity index (χ0v) is 15.8. The monoisotopic (exact) mass is 426 g/mol. The summed E-state index contributed by atoms with van der Waals surface area (Å²) in [5.41, 5.74) is -5.97. The third kappa shape index (κ3) is 3.87. The molecule has 0 aromatic heterocycles. The van der Waals surface area contributed by atoms with Gasteiger partial charge in [-0.25, -0.2) is 12.8 Å². The van der Waals surface area contributed by atoms with Crippen molar-refractivity contribution < 1.29 is 26.0 Å². The van der Waals surface area contributed by atoms with Crippen LogP contribution in [-0.2, 0) is 22.7 Å². The summed E-state index contributed by atoms with van der Waals surface area (Å²) in [5, 5.41) is 0. The first kappa shape index (κ1) is 20.9. The van der Waals surface area contributed by atoms with E-state index in [2.05, 4.69) is 0 Å². The van der Waals surface area contributed by atoms with E-state index in [1.54, 1.807) is 0 Å². The van der Waals surface area contributed by atoms with E-state index in [1.807, 2.05) is 0 Å². The number of halogens is 4. The van der Waals surface area contributed by atoms with Crippen molar-refractivity contribution in [3.8, 4) is 0 Å². The molecule has 29 heavy (non-hydrogen) atoms. The van der Waals surface area contributed by atoms with Crippen molar-refractivity contribution in [1.29, 1.82) is 0 Å². The van der Waals surface area contributed by atoms with Crippen molar-refractivity contribution in [2.45, 2.75) is 30.2 Å². The predicted molar refractivity (Wildman–Crippen MR) is 97.8 cm³/mol. The van der Waals surface area contributed by atoms with Crippen molar-refractivity contribution in [1.82, 2.24) is 0 Å². The van der Waals surface area contributed by atoms with Gasteiger partial charge in [0.2, 0.25) is 10.9 Å². The number of rotatable bonds is 5.